The van der Waals surface area contributed by atoms with Gasteiger partial charge in [0, 0.05) is 31.6 Å². The van der Waals surface area contributed by atoms with Crippen molar-refractivity contribution in [3.8, 4) is 0 Å². The molecule has 0 bridgehead atoms. The average molecular weight is 363 g/mol. The first kappa shape index (κ1) is 18.5. The van der Waals surface area contributed by atoms with Crippen molar-refractivity contribution in [3.63, 3.8) is 0 Å². The molecule has 7 heteroatoms. The van der Waals surface area contributed by atoms with E-state index in [4.69, 9.17) is 0 Å². The molecule has 0 aromatic heterocycles. The molecule has 1 aromatic rings. The molecule has 140 valence electrons. The Kier molecular flexibility index (Phi) is 5.36. The molecule has 3 rings (SSSR count). The molecule has 1 N–H and O–H groups in total. The Balaban J connectivity index is 1.64. The van der Waals surface area contributed by atoms with Gasteiger partial charge in [-0.25, -0.2) is 8.78 Å². The molecule has 0 spiro atoms. The van der Waals surface area contributed by atoms with Crippen LogP contribution >= 0.6 is 0 Å². The standard InChI is InChI=1S/C19H25F2N4O/c1-3-25(12-15-4-5-18(20)19(21)10-15)13-17(11-22-25)23-16-6-8-24(9-7-16)14(2)26/h4-5,10-11,13,16,23H,3,6-9,12H2,1-2H3/q+1. The van der Waals surface area contributed by atoms with E-state index in [1.807, 2.05) is 18.0 Å². The Morgan fingerprint density at radius 1 is 1.31 bits per heavy atom. The SMILES string of the molecule is CC[N+]1(Cc2ccc(F)c(F)c2)C=C(NC2CCN(C(C)=O)CC2)C=N1. The molecule has 2 aliphatic heterocycles. The van der Waals surface area contributed by atoms with E-state index in [2.05, 4.69) is 10.4 Å². The molecular weight excluding hydrogens is 338 g/mol. The number of hydrogen-bond acceptors (Lipinski definition) is 3. The van der Waals surface area contributed by atoms with Crippen LogP contribution in [0.4, 0.5) is 8.78 Å². The lowest BCUT2D eigenvalue weighted by atomic mass is 10.0. The minimum absolute atomic E-state index is 0.123. The molecule has 5 nitrogen and oxygen atoms in total. The number of rotatable bonds is 5. The predicted molar refractivity (Wildman–Crippen MR) is 95.9 cm³/mol. The van der Waals surface area contributed by atoms with Crippen molar-refractivity contribution in [2.45, 2.75) is 39.3 Å². The summed E-state index contributed by atoms with van der Waals surface area (Å²) in [6, 6.07) is 4.29. The lowest BCUT2D eigenvalue weighted by molar-refractivity contribution is -0.895. The zero-order valence-corrected chi connectivity index (χ0v) is 15.2. The van der Waals surface area contributed by atoms with E-state index in [9.17, 15) is 13.6 Å². The normalized spacial score (nSPS) is 23.2. The van der Waals surface area contributed by atoms with Gasteiger partial charge in [0.1, 0.15) is 31.2 Å². The second-order valence-corrected chi connectivity index (χ2v) is 6.96. The van der Waals surface area contributed by atoms with Crippen molar-refractivity contribution < 1.29 is 18.2 Å². The molecule has 0 saturated carbocycles. The molecule has 1 fully saturated rings. The number of quaternary nitrogens is 1. The second-order valence-electron chi connectivity index (χ2n) is 6.96. The third kappa shape index (κ3) is 4.09. The van der Waals surface area contributed by atoms with E-state index < -0.39 is 11.6 Å². The highest BCUT2D eigenvalue weighted by Gasteiger charge is 2.31. The summed E-state index contributed by atoms with van der Waals surface area (Å²) in [5.74, 6) is -1.55. The predicted octanol–water partition coefficient (Wildman–Crippen LogP) is 2.74. The van der Waals surface area contributed by atoms with E-state index in [1.54, 1.807) is 19.2 Å². The molecule has 1 atom stereocenters. The first-order valence-corrected chi connectivity index (χ1v) is 9.02. The number of carbonyl (C=O) groups excluding carboxylic acids is 1. The Bertz CT molecular complexity index is 741. The lowest BCUT2D eigenvalue weighted by Gasteiger charge is -2.32. The van der Waals surface area contributed by atoms with Crippen molar-refractivity contribution in [2.24, 2.45) is 5.10 Å². The maximum Gasteiger partial charge on any atom is 0.219 e. The molecule has 1 amide bonds. The van der Waals surface area contributed by atoms with Crippen molar-refractivity contribution in [1.29, 1.82) is 0 Å². The van der Waals surface area contributed by atoms with E-state index >= 15 is 0 Å². The molecule has 1 aromatic carbocycles. The number of allylic oxidation sites excluding steroid dienone is 1. The quantitative estimate of drug-likeness (QED) is 0.818. The van der Waals surface area contributed by atoms with Crippen molar-refractivity contribution in [3.05, 3.63) is 47.3 Å². The van der Waals surface area contributed by atoms with Gasteiger partial charge in [-0.2, -0.15) is 4.59 Å². The van der Waals surface area contributed by atoms with Crippen LogP contribution in [0.15, 0.2) is 35.2 Å². The molecule has 0 radical (unpaired) electrons. The molecule has 2 heterocycles. The van der Waals surface area contributed by atoms with Gasteiger partial charge < -0.3 is 10.2 Å². The number of nitrogens with one attached hydrogen (secondary N) is 1. The topological polar surface area (TPSA) is 44.7 Å². The van der Waals surface area contributed by atoms with E-state index in [1.165, 1.54) is 6.07 Å². The summed E-state index contributed by atoms with van der Waals surface area (Å²) in [5, 5.41) is 8.10. The van der Waals surface area contributed by atoms with Gasteiger partial charge in [0.05, 0.1) is 0 Å². The van der Waals surface area contributed by atoms with Gasteiger partial charge in [-0.15, -0.1) is 0 Å². The van der Waals surface area contributed by atoms with Crippen LogP contribution in [0.5, 0.6) is 0 Å². The van der Waals surface area contributed by atoms with E-state index in [0.717, 1.165) is 37.7 Å². The largest absolute Gasteiger partial charge is 0.376 e. The van der Waals surface area contributed by atoms with E-state index in [-0.39, 0.29) is 5.91 Å². The van der Waals surface area contributed by atoms with E-state index in [0.29, 0.717) is 29.3 Å². The van der Waals surface area contributed by atoms with Gasteiger partial charge in [-0.05, 0) is 31.9 Å². The minimum Gasteiger partial charge on any atom is -0.376 e. The molecule has 1 saturated heterocycles. The third-order valence-corrected chi connectivity index (χ3v) is 5.11. The highest BCUT2D eigenvalue weighted by molar-refractivity contribution is 5.78. The number of benzene rings is 1. The van der Waals surface area contributed by atoms with Crippen LogP contribution in [-0.4, -0.2) is 47.3 Å². The molecule has 2 aliphatic rings. The zero-order valence-electron chi connectivity index (χ0n) is 15.2. The van der Waals surface area contributed by atoms with Gasteiger partial charge >= 0.3 is 0 Å². The fourth-order valence-corrected chi connectivity index (χ4v) is 3.48. The summed E-state index contributed by atoms with van der Waals surface area (Å²) in [6.45, 7) is 6.33. The van der Waals surface area contributed by atoms with Crippen LogP contribution in [0.3, 0.4) is 0 Å². The van der Waals surface area contributed by atoms with Crippen LogP contribution < -0.4 is 5.32 Å². The molecular formula is C19H25F2N4O+. The number of nitrogens with zero attached hydrogens (tertiary/aromatic N) is 3. The number of likely N-dealkylation sites (tertiary alicyclic amines) is 1. The molecule has 26 heavy (non-hydrogen) atoms. The summed E-state index contributed by atoms with van der Waals surface area (Å²) in [4.78, 5) is 13.3. The minimum atomic E-state index is -0.837. The monoisotopic (exact) mass is 363 g/mol. The van der Waals surface area contributed by atoms with Crippen molar-refractivity contribution in [2.75, 3.05) is 19.6 Å². The van der Waals surface area contributed by atoms with Crippen LogP contribution in [0.25, 0.3) is 0 Å². The highest BCUT2D eigenvalue weighted by atomic mass is 19.2. The third-order valence-electron chi connectivity index (χ3n) is 5.11. The Morgan fingerprint density at radius 2 is 2.04 bits per heavy atom. The first-order valence-electron chi connectivity index (χ1n) is 9.02. The Labute approximate surface area is 152 Å². The average Bonchev–Trinajstić information content (AvgIpc) is 3.02. The lowest BCUT2D eigenvalue weighted by Crippen LogP contribution is -2.44. The number of carbonyl (C=O) groups is 1. The molecule has 1 unspecified atom stereocenters. The van der Waals surface area contributed by atoms with Gasteiger partial charge in [0.15, 0.2) is 11.6 Å². The summed E-state index contributed by atoms with van der Waals surface area (Å²) in [6.07, 6.45) is 5.64. The first-order chi connectivity index (χ1) is 12.4. The maximum absolute atomic E-state index is 13.5. The summed E-state index contributed by atoms with van der Waals surface area (Å²) in [7, 11) is 0. The number of amides is 1. The van der Waals surface area contributed by atoms with Crippen molar-refractivity contribution in [1.82, 2.24) is 10.2 Å². The highest BCUT2D eigenvalue weighted by Crippen LogP contribution is 2.23. The second kappa shape index (κ2) is 7.53. The molecule has 0 aliphatic carbocycles. The number of halogens is 2. The maximum atomic E-state index is 13.5. The fourth-order valence-electron chi connectivity index (χ4n) is 3.48. The Morgan fingerprint density at radius 3 is 2.65 bits per heavy atom. The number of piperidine rings is 1. The van der Waals surface area contributed by atoms with Gasteiger partial charge in [0.25, 0.3) is 0 Å². The van der Waals surface area contributed by atoms with Gasteiger partial charge in [0.2, 0.25) is 5.91 Å². The number of hydrogen-bond donors (Lipinski definition) is 1. The summed E-state index contributed by atoms with van der Waals surface area (Å²) < 4.78 is 26.9. The van der Waals surface area contributed by atoms with Crippen LogP contribution in [-0.2, 0) is 11.3 Å². The van der Waals surface area contributed by atoms with Crippen LogP contribution in [0.1, 0.15) is 32.3 Å². The Hall–Kier alpha value is -2.28. The zero-order chi connectivity index (χ0) is 18.7. The van der Waals surface area contributed by atoms with Crippen LogP contribution in [0.2, 0.25) is 0 Å². The van der Waals surface area contributed by atoms with Crippen molar-refractivity contribution >= 4 is 12.1 Å². The van der Waals surface area contributed by atoms with Gasteiger partial charge in [-0.3, -0.25) is 4.79 Å². The fraction of sp³-hybridized carbons (Fsp3) is 0.474. The summed E-state index contributed by atoms with van der Waals surface area (Å²) >= 11 is 0. The van der Waals surface area contributed by atoms with Crippen LogP contribution in [0, 0.1) is 11.6 Å². The van der Waals surface area contributed by atoms with Gasteiger partial charge in [-0.1, -0.05) is 11.2 Å². The summed E-state index contributed by atoms with van der Waals surface area (Å²) in [5.41, 5.74) is 1.64. The smallest absolute Gasteiger partial charge is 0.219 e.